The van der Waals surface area contributed by atoms with Crippen molar-refractivity contribution in [2.45, 2.75) is 25.4 Å². The van der Waals surface area contributed by atoms with Gasteiger partial charge in [0.25, 0.3) is 0 Å². The Hall–Kier alpha value is -2.50. The Morgan fingerprint density at radius 2 is 1.92 bits per heavy atom. The number of hydrogen-bond acceptors (Lipinski definition) is 2. The number of benzene rings is 2. The van der Waals surface area contributed by atoms with E-state index >= 15 is 0 Å². The fraction of sp³-hybridized carbons (Fsp3) is 0.278. The van der Waals surface area contributed by atoms with Gasteiger partial charge in [-0.05, 0) is 42.2 Å². The lowest BCUT2D eigenvalue weighted by Gasteiger charge is -2.16. The molecule has 2 aromatic rings. The van der Waals surface area contributed by atoms with Crippen LogP contribution in [0.1, 0.15) is 28.2 Å². The topological polar surface area (TPSA) is 46.5 Å². The Bertz CT molecular complexity index is 739. The van der Waals surface area contributed by atoms with E-state index in [1.165, 1.54) is 19.2 Å². The molecule has 6 heteroatoms. The summed E-state index contributed by atoms with van der Waals surface area (Å²) in [5, 5.41) is 9.48. The highest BCUT2D eigenvalue weighted by atomic mass is 19.4. The summed E-state index contributed by atoms with van der Waals surface area (Å²) in [5.41, 5.74) is 0.837. The summed E-state index contributed by atoms with van der Waals surface area (Å²) in [6.07, 6.45) is -4.48. The van der Waals surface area contributed by atoms with E-state index in [1.807, 2.05) is 0 Å². The average molecular weight is 338 g/mol. The minimum absolute atomic E-state index is 0.0228. The molecule has 0 radical (unpaired) electrons. The zero-order chi connectivity index (χ0) is 17.9. The summed E-state index contributed by atoms with van der Waals surface area (Å²) >= 11 is 0. The normalized spacial score (nSPS) is 12.7. The number of methoxy groups -OCH3 is 1. The lowest BCUT2D eigenvalue weighted by molar-refractivity contribution is -0.138. The molecule has 0 aliphatic rings. The van der Waals surface area contributed by atoms with Crippen molar-refractivity contribution in [2.75, 3.05) is 7.11 Å². The van der Waals surface area contributed by atoms with Gasteiger partial charge in [0, 0.05) is 0 Å². The number of alkyl halides is 3. The second kappa shape index (κ2) is 6.95. The third-order valence-corrected chi connectivity index (χ3v) is 3.81. The van der Waals surface area contributed by atoms with E-state index in [-0.39, 0.29) is 6.42 Å². The first-order valence-corrected chi connectivity index (χ1v) is 7.26. The maximum atomic E-state index is 12.8. The van der Waals surface area contributed by atoms with Crippen molar-refractivity contribution in [1.82, 2.24) is 0 Å². The molecule has 0 saturated heterocycles. The van der Waals surface area contributed by atoms with E-state index in [9.17, 15) is 23.1 Å². The van der Waals surface area contributed by atoms with E-state index < -0.39 is 23.6 Å². The molecule has 1 unspecified atom stereocenters. The zero-order valence-corrected chi connectivity index (χ0v) is 13.2. The minimum Gasteiger partial charge on any atom is -0.496 e. The highest BCUT2D eigenvalue weighted by Crippen LogP contribution is 2.31. The second-order valence-electron chi connectivity index (χ2n) is 5.52. The van der Waals surface area contributed by atoms with Gasteiger partial charge in [-0.2, -0.15) is 13.2 Å². The van der Waals surface area contributed by atoms with Crippen LogP contribution in [0.5, 0.6) is 5.75 Å². The molecule has 0 bridgehead atoms. The number of rotatable bonds is 5. The van der Waals surface area contributed by atoms with Crippen LogP contribution >= 0.6 is 0 Å². The largest absolute Gasteiger partial charge is 0.496 e. The Labute approximate surface area is 137 Å². The van der Waals surface area contributed by atoms with Crippen molar-refractivity contribution < 1.29 is 27.8 Å². The molecule has 1 atom stereocenters. The molecule has 0 aromatic heterocycles. The third kappa shape index (κ3) is 4.07. The monoisotopic (exact) mass is 338 g/mol. The van der Waals surface area contributed by atoms with Crippen LogP contribution < -0.4 is 4.74 Å². The summed E-state index contributed by atoms with van der Waals surface area (Å²) < 4.78 is 43.5. The van der Waals surface area contributed by atoms with Crippen molar-refractivity contribution >= 4 is 5.97 Å². The maximum absolute atomic E-state index is 12.8. The summed E-state index contributed by atoms with van der Waals surface area (Å²) in [6, 6.07) is 9.72. The standard InChI is InChI=1S/C18H17F3O3/c1-11-8-13(6-7-16(11)24-2)15(17(22)23)10-12-4-3-5-14(9-12)18(19,20)21/h3-9,15H,10H2,1-2H3,(H,22,23). The summed E-state index contributed by atoms with van der Waals surface area (Å²) in [4.78, 5) is 11.6. The second-order valence-corrected chi connectivity index (χ2v) is 5.52. The quantitative estimate of drug-likeness (QED) is 0.877. The van der Waals surface area contributed by atoms with Gasteiger partial charge in [-0.3, -0.25) is 4.79 Å². The lowest BCUT2D eigenvalue weighted by Crippen LogP contribution is -2.15. The lowest BCUT2D eigenvalue weighted by atomic mass is 9.90. The van der Waals surface area contributed by atoms with Gasteiger partial charge in [-0.25, -0.2) is 0 Å². The molecule has 0 aliphatic heterocycles. The molecule has 0 amide bonds. The average Bonchev–Trinajstić information content (AvgIpc) is 2.51. The number of hydrogen-bond donors (Lipinski definition) is 1. The number of carboxylic acids is 1. The minimum atomic E-state index is -4.45. The van der Waals surface area contributed by atoms with Crippen LogP contribution in [0.15, 0.2) is 42.5 Å². The van der Waals surface area contributed by atoms with Gasteiger partial charge in [0.15, 0.2) is 0 Å². The highest BCUT2D eigenvalue weighted by Gasteiger charge is 2.31. The molecule has 0 spiro atoms. The van der Waals surface area contributed by atoms with Crippen LogP contribution in [-0.2, 0) is 17.4 Å². The first-order valence-electron chi connectivity index (χ1n) is 7.26. The Morgan fingerprint density at radius 3 is 2.46 bits per heavy atom. The predicted molar refractivity (Wildman–Crippen MR) is 83.3 cm³/mol. The maximum Gasteiger partial charge on any atom is 0.416 e. The molecule has 1 N–H and O–H groups in total. The predicted octanol–water partition coefficient (Wildman–Crippen LogP) is 4.43. The van der Waals surface area contributed by atoms with Crippen molar-refractivity contribution in [3.8, 4) is 5.75 Å². The van der Waals surface area contributed by atoms with E-state index in [0.717, 1.165) is 17.7 Å². The third-order valence-electron chi connectivity index (χ3n) is 3.81. The first-order chi connectivity index (χ1) is 11.2. The molecule has 0 fully saturated rings. The number of halogens is 3. The van der Waals surface area contributed by atoms with Gasteiger partial charge in [0.1, 0.15) is 5.75 Å². The van der Waals surface area contributed by atoms with Crippen molar-refractivity contribution in [1.29, 1.82) is 0 Å². The van der Waals surface area contributed by atoms with E-state index in [4.69, 9.17) is 4.74 Å². The SMILES string of the molecule is COc1ccc(C(Cc2cccc(C(F)(F)F)c2)C(=O)O)cc1C. The number of carboxylic acid groups (broad SMARTS) is 1. The number of ether oxygens (including phenoxy) is 1. The van der Waals surface area contributed by atoms with Gasteiger partial charge in [-0.15, -0.1) is 0 Å². The van der Waals surface area contributed by atoms with Crippen molar-refractivity contribution in [3.05, 3.63) is 64.7 Å². The van der Waals surface area contributed by atoms with Crippen LogP contribution in [0.4, 0.5) is 13.2 Å². The fourth-order valence-corrected chi connectivity index (χ4v) is 2.58. The van der Waals surface area contributed by atoms with E-state index in [1.54, 1.807) is 25.1 Å². The Kier molecular flexibility index (Phi) is 5.17. The van der Waals surface area contributed by atoms with Crippen molar-refractivity contribution in [3.63, 3.8) is 0 Å². The van der Waals surface area contributed by atoms with E-state index in [0.29, 0.717) is 16.9 Å². The number of carbonyl (C=O) groups is 1. The van der Waals surface area contributed by atoms with Crippen LogP contribution in [-0.4, -0.2) is 18.2 Å². The summed E-state index contributed by atoms with van der Waals surface area (Å²) in [6.45, 7) is 1.78. The van der Waals surface area contributed by atoms with Crippen molar-refractivity contribution in [2.24, 2.45) is 0 Å². The van der Waals surface area contributed by atoms with Gasteiger partial charge in [-0.1, -0.05) is 30.3 Å². The highest BCUT2D eigenvalue weighted by molar-refractivity contribution is 5.76. The molecule has 24 heavy (non-hydrogen) atoms. The van der Waals surface area contributed by atoms with Gasteiger partial charge in [0.05, 0.1) is 18.6 Å². The van der Waals surface area contributed by atoms with Crippen LogP contribution in [0.25, 0.3) is 0 Å². The molecule has 128 valence electrons. The Balaban J connectivity index is 2.33. The van der Waals surface area contributed by atoms with Crippen LogP contribution in [0.3, 0.4) is 0 Å². The molecule has 0 saturated carbocycles. The first kappa shape index (κ1) is 17.8. The molecule has 2 rings (SSSR count). The molecule has 3 nitrogen and oxygen atoms in total. The number of aliphatic carboxylic acids is 1. The van der Waals surface area contributed by atoms with Crippen LogP contribution in [0, 0.1) is 6.92 Å². The summed E-state index contributed by atoms with van der Waals surface area (Å²) in [7, 11) is 1.51. The van der Waals surface area contributed by atoms with Gasteiger partial charge >= 0.3 is 12.1 Å². The van der Waals surface area contributed by atoms with Crippen LogP contribution in [0.2, 0.25) is 0 Å². The number of aryl methyl sites for hydroxylation is 1. The van der Waals surface area contributed by atoms with Gasteiger partial charge < -0.3 is 9.84 Å². The molecular weight excluding hydrogens is 321 g/mol. The molecule has 0 heterocycles. The smallest absolute Gasteiger partial charge is 0.416 e. The summed E-state index contributed by atoms with van der Waals surface area (Å²) in [5.74, 6) is -1.39. The van der Waals surface area contributed by atoms with Gasteiger partial charge in [0.2, 0.25) is 0 Å². The Morgan fingerprint density at radius 1 is 1.21 bits per heavy atom. The van der Waals surface area contributed by atoms with E-state index in [2.05, 4.69) is 0 Å². The fourth-order valence-electron chi connectivity index (χ4n) is 2.58. The molecule has 2 aromatic carbocycles. The zero-order valence-electron chi connectivity index (χ0n) is 13.2. The molecule has 0 aliphatic carbocycles. The molecular formula is C18H17F3O3.